The van der Waals surface area contributed by atoms with Crippen molar-refractivity contribution in [2.24, 2.45) is 17.6 Å². The lowest BCUT2D eigenvalue weighted by atomic mass is 10.0. The van der Waals surface area contributed by atoms with Crippen molar-refractivity contribution < 1.29 is 4.74 Å². The van der Waals surface area contributed by atoms with Crippen LogP contribution in [0, 0.1) is 11.8 Å². The van der Waals surface area contributed by atoms with Crippen LogP contribution in [0.1, 0.15) is 52.0 Å². The highest BCUT2D eigenvalue weighted by Gasteiger charge is 2.05. The van der Waals surface area contributed by atoms with Gasteiger partial charge < -0.3 is 10.5 Å². The van der Waals surface area contributed by atoms with Crippen molar-refractivity contribution in [2.75, 3.05) is 13.2 Å². The summed E-state index contributed by atoms with van der Waals surface area (Å²) in [5.41, 5.74) is 7.00. The molecule has 114 valence electrons. The number of nitrogens with two attached hydrogens (primary N) is 1. The molecule has 2 unspecified atom stereocenters. The van der Waals surface area contributed by atoms with Gasteiger partial charge in [-0.2, -0.15) is 0 Å². The first-order chi connectivity index (χ1) is 9.65. The lowest BCUT2D eigenvalue weighted by Gasteiger charge is -2.14. The fourth-order valence-corrected chi connectivity index (χ4v) is 2.31. The highest BCUT2D eigenvalue weighted by molar-refractivity contribution is 5.28. The minimum atomic E-state index is 0.526. The molecule has 0 aromatic heterocycles. The molecule has 1 aromatic rings. The van der Waals surface area contributed by atoms with Crippen molar-refractivity contribution >= 4 is 0 Å². The van der Waals surface area contributed by atoms with Crippen LogP contribution in [-0.4, -0.2) is 13.2 Å². The summed E-state index contributed by atoms with van der Waals surface area (Å²) >= 11 is 0. The second-order valence-corrected chi connectivity index (χ2v) is 6.10. The Balaban J connectivity index is 2.38. The largest absolute Gasteiger partial charge is 0.493 e. The maximum Gasteiger partial charge on any atom is 0.119 e. The summed E-state index contributed by atoms with van der Waals surface area (Å²) in [6.45, 7) is 8.26. The van der Waals surface area contributed by atoms with Gasteiger partial charge >= 0.3 is 0 Å². The van der Waals surface area contributed by atoms with Gasteiger partial charge in [-0.15, -0.1) is 0 Å². The van der Waals surface area contributed by atoms with Crippen molar-refractivity contribution in [1.82, 2.24) is 0 Å². The standard InChI is InChI=1S/C18H31NO/c1-4-5-6-8-15(2)14-20-18-10-7-9-17(12-18)11-16(3)13-19/h7,9-10,12,15-16H,4-6,8,11,13-14,19H2,1-3H3. The molecule has 1 aromatic carbocycles. The zero-order valence-electron chi connectivity index (χ0n) is 13.4. The van der Waals surface area contributed by atoms with Crippen molar-refractivity contribution in [2.45, 2.75) is 52.9 Å². The average Bonchev–Trinajstić information content (AvgIpc) is 2.45. The van der Waals surface area contributed by atoms with Gasteiger partial charge in [-0.1, -0.05) is 52.2 Å². The summed E-state index contributed by atoms with van der Waals surface area (Å²) < 4.78 is 5.92. The normalized spacial score (nSPS) is 14.0. The third-order valence-electron chi connectivity index (χ3n) is 3.72. The van der Waals surface area contributed by atoms with Gasteiger partial charge in [-0.3, -0.25) is 0 Å². The Labute approximate surface area is 124 Å². The zero-order chi connectivity index (χ0) is 14.8. The molecule has 0 aliphatic carbocycles. The number of benzene rings is 1. The van der Waals surface area contributed by atoms with E-state index in [4.69, 9.17) is 10.5 Å². The van der Waals surface area contributed by atoms with Gasteiger partial charge in [-0.25, -0.2) is 0 Å². The molecule has 0 radical (unpaired) electrons. The molecule has 0 amide bonds. The fourth-order valence-electron chi connectivity index (χ4n) is 2.31. The molecule has 0 aliphatic heterocycles. The minimum Gasteiger partial charge on any atom is -0.493 e. The molecule has 1 rings (SSSR count). The second kappa shape index (κ2) is 9.82. The summed E-state index contributed by atoms with van der Waals surface area (Å²) in [5, 5.41) is 0. The number of ether oxygens (including phenoxy) is 1. The molecular formula is C18H31NO. The number of hydrogen-bond acceptors (Lipinski definition) is 2. The molecule has 0 saturated heterocycles. The summed E-state index contributed by atoms with van der Waals surface area (Å²) in [6, 6.07) is 8.44. The Morgan fingerprint density at radius 2 is 1.95 bits per heavy atom. The van der Waals surface area contributed by atoms with E-state index < -0.39 is 0 Å². The van der Waals surface area contributed by atoms with Gasteiger partial charge in [0.05, 0.1) is 6.61 Å². The second-order valence-electron chi connectivity index (χ2n) is 6.10. The molecule has 0 heterocycles. The monoisotopic (exact) mass is 277 g/mol. The van der Waals surface area contributed by atoms with E-state index in [1.165, 1.54) is 31.2 Å². The minimum absolute atomic E-state index is 0.526. The van der Waals surface area contributed by atoms with Gasteiger partial charge in [0, 0.05) is 0 Å². The Morgan fingerprint density at radius 3 is 2.65 bits per heavy atom. The fraction of sp³-hybridized carbons (Fsp3) is 0.667. The van der Waals surface area contributed by atoms with E-state index in [2.05, 4.69) is 45.0 Å². The van der Waals surface area contributed by atoms with Crippen molar-refractivity contribution in [3.63, 3.8) is 0 Å². The molecule has 2 atom stereocenters. The quantitative estimate of drug-likeness (QED) is 0.643. The predicted octanol–water partition coefficient (Wildman–Crippen LogP) is 4.42. The molecule has 0 fully saturated rings. The van der Waals surface area contributed by atoms with Crippen molar-refractivity contribution in [3.05, 3.63) is 29.8 Å². The van der Waals surface area contributed by atoms with Crippen LogP contribution in [0.5, 0.6) is 5.75 Å². The summed E-state index contributed by atoms with van der Waals surface area (Å²) in [6.07, 6.45) is 6.22. The van der Waals surface area contributed by atoms with Crippen molar-refractivity contribution in [3.8, 4) is 5.75 Å². The van der Waals surface area contributed by atoms with E-state index in [1.807, 2.05) is 0 Å². The van der Waals surface area contributed by atoms with Gasteiger partial charge in [0.1, 0.15) is 5.75 Å². The van der Waals surface area contributed by atoms with Crippen molar-refractivity contribution in [1.29, 1.82) is 0 Å². The highest BCUT2D eigenvalue weighted by atomic mass is 16.5. The molecule has 2 N–H and O–H groups in total. The van der Waals surface area contributed by atoms with E-state index in [9.17, 15) is 0 Å². The first-order valence-electron chi connectivity index (χ1n) is 8.07. The third kappa shape index (κ3) is 6.95. The van der Waals surface area contributed by atoms with Gasteiger partial charge in [0.25, 0.3) is 0 Å². The summed E-state index contributed by atoms with van der Waals surface area (Å²) in [4.78, 5) is 0. The Hall–Kier alpha value is -1.02. The lowest BCUT2D eigenvalue weighted by Crippen LogP contribution is -2.13. The van der Waals surface area contributed by atoms with Gasteiger partial charge in [0.2, 0.25) is 0 Å². The molecule has 0 bridgehead atoms. The molecule has 20 heavy (non-hydrogen) atoms. The Kier molecular flexibility index (Phi) is 8.36. The first-order valence-corrected chi connectivity index (χ1v) is 8.07. The maximum absolute atomic E-state index is 5.92. The predicted molar refractivity (Wildman–Crippen MR) is 87.2 cm³/mol. The first kappa shape index (κ1) is 17.0. The number of hydrogen-bond donors (Lipinski definition) is 1. The molecule has 0 spiro atoms. The maximum atomic E-state index is 5.92. The van der Waals surface area contributed by atoms with Gasteiger partial charge in [0.15, 0.2) is 0 Å². The Morgan fingerprint density at radius 1 is 1.15 bits per heavy atom. The SMILES string of the molecule is CCCCCC(C)COc1cccc(CC(C)CN)c1. The topological polar surface area (TPSA) is 35.2 Å². The lowest BCUT2D eigenvalue weighted by molar-refractivity contribution is 0.249. The number of unbranched alkanes of at least 4 members (excludes halogenated alkanes) is 2. The smallest absolute Gasteiger partial charge is 0.119 e. The summed E-state index contributed by atoms with van der Waals surface area (Å²) in [7, 11) is 0. The molecule has 0 saturated carbocycles. The Bertz CT molecular complexity index is 364. The highest BCUT2D eigenvalue weighted by Crippen LogP contribution is 2.18. The van der Waals surface area contributed by atoms with Crippen LogP contribution in [0.2, 0.25) is 0 Å². The molecule has 2 nitrogen and oxygen atoms in total. The molecular weight excluding hydrogens is 246 g/mol. The molecule has 0 aliphatic rings. The zero-order valence-corrected chi connectivity index (χ0v) is 13.4. The van der Waals surface area contributed by atoms with Crippen LogP contribution in [0.3, 0.4) is 0 Å². The van der Waals surface area contributed by atoms with E-state index in [-0.39, 0.29) is 0 Å². The van der Waals surface area contributed by atoms with E-state index >= 15 is 0 Å². The number of rotatable bonds is 10. The van der Waals surface area contributed by atoms with Crippen LogP contribution < -0.4 is 10.5 Å². The molecule has 2 heteroatoms. The van der Waals surface area contributed by atoms with Crippen LogP contribution in [-0.2, 0) is 6.42 Å². The van der Waals surface area contributed by atoms with E-state index in [0.29, 0.717) is 11.8 Å². The van der Waals surface area contributed by atoms with Crippen LogP contribution >= 0.6 is 0 Å². The van der Waals surface area contributed by atoms with Gasteiger partial charge in [-0.05, 0) is 48.9 Å². The van der Waals surface area contributed by atoms with Crippen LogP contribution in [0.4, 0.5) is 0 Å². The van der Waals surface area contributed by atoms with E-state index in [0.717, 1.165) is 25.3 Å². The average molecular weight is 277 g/mol. The summed E-state index contributed by atoms with van der Waals surface area (Å²) in [5.74, 6) is 2.15. The van der Waals surface area contributed by atoms with E-state index in [1.54, 1.807) is 0 Å². The van der Waals surface area contributed by atoms with Crippen LogP contribution in [0.25, 0.3) is 0 Å². The van der Waals surface area contributed by atoms with Crippen LogP contribution in [0.15, 0.2) is 24.3 Å². The third-order valence-corrected chi connectivity index (χ3v) is 3.72.